The Balaban J connectivity index is 1.74. The molecule has 2 atom stereocenters. The maximum atomic E-state index is 13.3. The van der Waals surface area contributed by atoms with Crippen LogP contribution in [0.2, 0.25) is 0 Å². The van der Waals surface area contributed by atoms with Gasteiger partial charge in [0.1, 0.15) is 0 Å². The molecule has 0 amide bonds. The summed E-state index contributed by atoms with van der Waals surface area (Å²) < 4.78 is 0. The summed E-state index contributed by atoms with van der Waals surface area (Å²) >= 11 is 0. The Morgan fingerprint density at radius 2 is 1.00 bits per heavy atom. The van der Waals surface area contributed by atoms with Gasteiger partial charge in [-0.05, 0) is 5.56 Å². The van der Waals surface area contributed by atoms with E-state index in [1.165, 1.54) is 0 Å². The fourth-order valence-corrected chi connectivity index (χ4v) is 4.21. The fraction of sp³-hybridized carbons (Fsp3) is 0.200. The van der Waals surface area contributed by atoms with Crippen LogP contribution >= 0.6 is 0 Å². The molecule has 1 heterocycles. The minimum Gasteiger partial charge on any atom is -0.315 e. The average Bonchev–Trinajstić information content (AvgIpc) is 2.79. The molecule has 0 saturated carbocycles. The zero-order chi connectivity index (χ0) is 19.3. The molecule has 3 aromatic rings. The van der Waals surface area contributed by atoms with Crippen molar-refractivity contribution in [2.45, 2.75) is 5.92 Å². The number of ketones is 2. The molecule has 140 valence electrons. The highest BCUT2D eigenvalue weighted by Crippen LogP contribution is 2.38. The molecule has 1 N–H and O–H groups in total. The van der Waals surface area contributed by atoms with Gasteiger partial charge >= 0.3 is 0 Å². The monoisotopic (exact) mass is 369 g/mol. The number of piperidine rings is 1. The minimum atomic E-state index is -0.281. The van der Waals surface area contributed by atoms with Gasteiger partial charge in [0.2, 0.25) is 0 Å². The summed E-state index contributed by atoms with van der Waals surface area (Å²) in [6.07, 6.45) is 0. The van der Waals surface area contributed by atoms with Gasteiger partial charge in [0.25, 0.3) is 0 Å². The van der Waals surface area contributed by atoms with E-state index in [2.05, 4.69) is 5.32 Å². The molecule has 1 aliphatic rings. The number of Topliss-reactive ketones (excluding diaryl/α,β-unsaturated/α-hetero) is 2. The van der Waals surface area contributed by atoms with Gasteiger partial charge in [-0.15, -0.1) is 0 Å². The lowest BCUT2D eigenvalue weighted by molar-refractivity contribution is 0.0768. The van der Waals surface area contributed by atoms with Crippen LogP contribution in [0.3, 0.4) is 0 Å². The number of benzene rings is 3. The summed E-state index contributed by atoms with van der Waals surface area (Å²) in [5, 5.41) is 3.34. The summed E-state index contributed by atoms with van der Waals surface area (Å²) in [6.45, 7) is 1.15. The normalized spacial score (nSPS) is 21.8. The Kier molecular flexibility index (Phi) is 5.45. The van der Waals surface area contributed by atoms with Crippen molar-refractivity contribution in [3.8, 4) is 0 Å². The molecule has 3 heteroatoms. The maximum Gasteiger partial charge on any atom is 0.167 e. The molecule has 1 fully saturated rings. The second-order valence-corrected chi connectivity index (χ2v) is 7.27. The third kappa shape index (κ3) is 3.67. The molecular formula is C25H23NO2. The number of carbonyl (C=O) groups is 2. The van der Waals surface area contributed by atoms with Crippen molar-refractivity contribution >= 4 is 11.6 Å². The topological polar surface area (TPSA) is 46.2 Å². The van der Waals surface area contributed by atoms with Crippen LogP contribution in [0.5, 0.6) is 0 Å². The SMILES string of the molecule is O=C(c1ccccc1)C1CNCC(C(=O)c2ccccc2)C1c1ccccc1. The van der Waals surface area contributed by atoms with Crippen molar-refractivity contribution in [2.24, 2.45) is 11.8 Å². The third-order valence-corrected chi connectivity index (χ3v) is 5.57. The molecule has 28 heavy (non-hydrogen) atoms. The molecule has 0 spiro atoms. The Morgan fingerprint density at radius 1 is 0.607 bits per heavy atom. The van der Waals surface area contributed by atoms with Gasteiger partial charge in [0.05, 0.1) is 0 Å². The van der Waals surface area contributed by atoms with Crippen LogP contribution < -0.4 is 5.32 Å². The first-order valence-electron chi connectivity index (χ1n) is 9.70. The fourth-order valence-electron chi connectivity index (χ4n) is 4.21. The predicted octanol–water partition coefficient (Wildman–Crippen LogP) is 4.37. The van der Waals surface area contributed by atoms with Gasteiger partial charge in [-0.2, -0.15) is 0 Å². The number of rotatable bonds is 5. The summed E-state index contributed by atoms with van der Waals surface area (Å²) in [5.41, 5.74) is 2.44. The number of hydrogen-bond acceptors (Lipinski definition) is 3. The molecule has 0 aromatic heterocycles. The highest BCUT2D eigenvalue weighted by Gasteiger charge is 2.42. The van der Waals surface area contributed by atoms with Gasteiger partial charge in [-0.3, -0.25) is 9.59 Å². The molecule has 3 aromatic carbocycles. The van der Waals surface area contributed by atoms with Crippen molar-refractivity contribution in [1.82, 2.24) is 5.32 Å². The van der Waals surface area contributed by atoms with Crippen LogP contribution in [-0.2, 0) is 0 Å². The van der Waals surface area contributed by atoms with Gasteiger partial charge < -0.3 is 5.32 Å². The van der Waals surface area contributed by atoms with Crippen LogP contribution in [0, 0.1) is 11.8 Å². The minimum absolute atomic E-state index is 0.0903. The lowest BCUT2D eigenvalue weighted by Crippen LogP contribution is -2.48. The largest absolute Gasteiger partial charge is 0.315 e. The molecule has 2 unspecified atom stereocenters. The summed E-state index contributed by atoms with van der Waals surface area (Å²) in [6, 6.07) is 28.8. The molecule has 1 saturated heterocycles. The first-order valence-corrected chi connectivity index (χ1v) is 9.70. The molecule has 0 radical (unpaired) electrons. The third-order valence-electron chi connectivity index (χ3n) is 5.57. The van der Waals surface area contributed by atoms with Crippen molar-refractivity contribution in [1.29, 1.82) is 0 Å². The quantitative estimate of drug-likeness (QED) is 0.679. The van der Waals surface area contributed by atoms with E-state index in [-0.39, 0.29) is 29.3 Å². The van der Waals surface area contributed by atoms with Gasteiger partial charge in [-0.1, -0.05) is 91.0 Å². The van der Waals surface area contributed by atoms with E-state index in [1.54, 1.807) is 0 Å². The van der Waals surface area contributed by atoms with Gasteiger partial charge in [0.15, 0.2) is 11.6 Å². The number of nitrogens with one attached hydrogen (secondary N) is 1. The van der Waals surface area contributed by atoms with Crippen LogP contribution in [0.4, 0.5) is 0 Å². The summed E-state index contributed by atoms with van der Waals surface area (Å²) in [7, 11) is 0. The zero-order valence-electron chi connectivity index (χ0n) is 15.6. The van der Waals surface area contributed by atoms with E-state index in [0.29, 0.717) is 24.2 Å². The van der Waals surface area contributed by atoms with Crippen LogP contribution in [0.1, 0.15) is 32.2 Å². The molecule has 4 rings (SSSR count). The Bertz CT molecular complexity index is 879. The molecule has 3 nitrogen and oxygen atoms in total. The Morgan fingerprint density at radius 3 is 1.43 bits per heavy atom. The van der Waals surface area contributed by atoms with E-state index in [4.69, 9.17) is 0 Å². The summed E-state index contributed by atoms with van der Waals surface area (Å²) in [5.74, 6) is -0.532. The maximum absolute atomic E-state index is 13.3. The lowest BCUT2D eigenvalue weighted by atomic mass is 9.69. The molecule has 0 aliphatic carbocycles. The standard InChI is InChI=1S/C25H23NO2/c27-24(19-12-6-2-7-13-19)21-16-26-17-22(23(21)18-10-4-1-5-11-18)25(28)20-14-8-3-9-15-20/h1-15,21-23,26H,16-17H2. The second kappa shape index (κ2) is 8.32. The molecule has 1 aliphatic heterocycles. The highest BCUT2D eigenvalue weighted by molar-refractivity contribution is 6.02. The van der Waals surface area contributed by atoms with Crippen molar-refractivity contribution in [2.75, 3.05) is 13.1 Å². The van der Waals surface area contributed by atoms with Gasteiger partial charge in [0, 0.05) is 42.0 Å². The number of hydrogen-bond donors (Lipinski definition) is 1. The van der Waals surface area contributed by atoms with E-state index in [1.807, 2.05) is 91.0 Å². The average molecular weight is 369 g/mol. The first kappa shape index (κ1) is 18.3. The van der Waals surface area contributed by atoms with Crippen molar-refractivity contribution in [3.63, 3.8) is 0 Å². The van der Waals surface area contributed by atoms with Gasteiger partial charge in [-0.25, -0.2) is 0 Å². The van der Waals surface area contributed by atoms with Crippen LogP contribution in [0.15, 0.2) is 91.0 Å². The van der Waals surface area contributed by atoms with E-state index in [0.717, 1.165) is 5.56 Å². The van der Waals surface area contributed by atoms with E-state index < -0.39 is 0 Å². The highest BCUT2D eigenvalue weighted by atomic mass is 16.1. The van der Waals surface area contributed by atoms with Crippen molar-refractivity contribution in [3.05, 3.63) is 108 Å². The smallest absolute Gasteiger partial charge is 0.167 e. The zero-order valence-corrected chi connectivity index (χ0v) is 15.6. The predicted molar refractivity (Wildman–Crippen MR) is 111 cm³/mol. The lowest BCUT2D eigenvalue weighted by Gasteiger charge is -2.37. The second-order valence-electron chi connectivity index (χ2n) is 7.27. The van der Waals surface area contributed by atoms with Crippen molar-refractivity contribution < 1.29 is 9.59 Å². The first-order chi connectivity index (χ1) is 13.8. The van der Waals surface area contributed by atoms with Crippen LogP contribution in [-0.4, -0.2) is 24.7 Å². The molecule has 0 bridgehead atoms. The number of carbonyl (C=O) groups excluding carboxylic acids is 2. The Hall–Kier alpha value is -3.04. The van der Waals surface area contributed by atoms with E-state index in [9.17, 15) is 9.59 Å². The van der Waals surface area contributed by atoms with E-state index >= 15 is 0 Å². The Labute approximate surface area is 165 Å². The van der Waals surface area contributed by atoms with Crippen LogP contribution in [0.25, 0.3) is 0 Å². The summed E-state index contributed by atoms with van der Waals surface area (Å²) in [4.78, 5) is 26.7. The molecular weight excluding hydrogens is 346 g/mol.